The number of aryl methyl sites for hydroxylation is 1. The first-order valence-corrected chi connectivity index (χ1v) is 12.0. The van der Waals surface area contributed by atoms with Gasteiger partial charge >= 0.3 is 0 Å². The Labute approximate surface area is 192 Å². The largest absolute Gasteiger partial charge is 0.299 e. The van der Waals surface area contributed by atoms with Crippen LogP contribution < -0.4 is 5.43 Å². The first kappa shape index (κ1) is 22.2. The van der Waals surface area contributed by atoms with Gasteiger partial charge in [-0.25, -0.2) is 5.43 Å². The Balaban J connectivity index is 1.48. The van der Waals surface area contributed by atoms with Crippen molar-refractivity contribution in [3.8, 4) is 11.4 Å². The van der Waals surface area contributed by atoms with Gasteiger partial charge < -0.3 is 0 Å². The van der Waals surface area contributed by atoms with Crippen LogP contribution in [0.2, 0.25) is 0 Å². The van der Waals surface area contributed by atoms with Gasteiger partial charge in [0.1, 0.15) is 0 Å². The third kappa shape index (κ3) is 5.43. The molecule has 1 saturated carbocycles. The molecule has 0 atom stereocenters. The van der Waals surface area contributed by atoms with Gasteiger partial charge in [0.15, 0.2) is 11.0 Å². The molecule has 0 aliphatic heterocycles. The number of thioether (sulfide) groups is 1. The number of hydrazone groups is 1. The maximum absolute atomic E-state index is 12.4. The molecular weight excluding hydrogens is 420 g/mol. The van der Waals surface area contributed by atoms with Gasteiger partial charge in [-0.05, 0) is 32.8 Å². The Bertz CT molecular complexity index is 1070. The van der Waals surface area contributed by atoms with E-state index in [4.69, 9.17) is 0 Å². The zero-order valence-corrected chi connectivity index (χ0v) is 19.3. The summed E-state index contributed by atoms with van der Waals surface area (Å²) in [6, 6.07) is 12.5. The molecule has 0 saturated heterocycles. The minimum atomic E-state index is -0.173. The molecule has 1 aliphatic carbocycles. The van der Waals surface area contributed by atoms with Crippen LogP contribution in [0.1, 0.15) is 56.2 Å². The Kier molecular flexibility index (Phi) is 7.32. The molecule has 1 N–H and O–H groups in total. The predicted octanol–water partition coefficient (Wildman–Crippen LogP) is 4.79. The second-order valence-corrected chi connectivity index (χ2v) is 9.04. The Morgan fingerprint density at radius 1 is 1.16 bits per heavy atom. The second-order valence-electron chi connectivity index (χ2n) is 8.10. The number of rotatable bonds is 7. The first-order valence-electron chi connectivity index (χ1n) is 11.0. The number of carbonyl (C=O) groups is 1. The van der Waals surface area contributed by atoms with Gasteiger partial charge in [-0.3, -0.25) is 14.3 Å². The van der Waals surface area contributed by atoms with E-state index in [0.717, 1.165) is 34.9 Å². The Hall–Kier alpha value is -3.00. The standard InChI is InChI=1S/C24H28N6OS/c1-17-10-12-19(13-11-17)23-28-29-24(30(23)21-8-4-3-5-9-21)32-16-22(31)27-26-18(2)20-7-6-14-25-15-20/h6-7,10-15,21H,3-5,8-9,16H2,1-2H3,(H,27,31)/b26-18+. The van der Waals surface area contributed by atoms with Gasteiger partial charge in [0.2, 0.25) is 0 Å². The zero-order chi connectivity index (χ0) is 22.3. The highest BCUT2D eigenvalue weighted by Crippen LogP contribution is 2.35. The van der Waals surface area contributed by atoms with Crippen molar-refractivity contribution in [1.29, 1.82) is 0 Å². The fourth-order valence-electron chi connectivity index (χ4n) is 3.89. The minimum Gasteiger partial charge on any atom is -0.299 e. The van der Waals surface area contributed by atoms with Crippen molar-refractivity contribution in [1.82, 2.24) is 25.2 Å². The molecule has 0 spiro atoms. The number of nitrogens with one attached hydrogen (secondary N) is 1. The molecule has 0 radical (unpaired) electrons. The van der Waals surface area contributed by atoms with Crippen LogP contribution in [-0.4, -0.2) is 37.1 Å². The summed E-state index contributed by atoms with van der Waals surface area (Å²) in [7, 11) is 0. The summed E-state index contributed by atoms with van der Waals surface area (Å²) in [5, 5.41) is 14.0. The Morgan fingerprint density at radius 2 is 1.94 bits per heavy atom. The molecule has 166 valence electrons. The summed E-state index contributed by atoms with van der Waals surface area (Å²) >= 11 is 1.41. The number of carbonyl (C=O) groups excluding carboxylic acids is 1. The van der Waals surface area contributed by atoms with Gasteiger partial charge in [-0.1, -0.05) is 66.9 Å². The third-order valence-corrected chi connectivity index (χ3v) is 6.62. The third-order valence-electron chi connectivity index (χ3n) is 5.67. The van der Waals surface area contributed by atoms with Crippen molar-refractivity contribution in [2.75, 3.05) is 5.75 Å². The molecule has 1 aromatic carbocycles. The van der Waals surface area contributed by atoms with Crippen molar-refractivity contribution in [2.24, 2.45) is 5.10 Å². The molecule has 2 aromatic heterocycles. The number of benzene rings is 1. The van der Waals surface area contributed by atoms with Crippen LogP contribution in [0.3, 0.4) is 0 Å². The van der Waals surface area contributed by atoms with Crippen LogP contribution in [0, 0.1) is 6.92 Å². The van der Waals surface area contributed by atoms with E-state index in [1.165, 1.54) is 36.6 Å². The SMILES string of the molecule is C/C(=N\NC(=O)CSc1nnc(-c2ccc(C)cc2)n1C1CCCCC1)c1cccnc1. The topological polar surface area (TPSA) is 85.1 Å². The van der Waals surface area contributed by atoms with Crippen LogP contribution in [0.15, 0.2) is 59.0 Å². The highest BCUT2D eigenvalue weighted by atomic mass is 32.2. The molecule has 0 bridgehead atoms. The van der Waals surface area contributed by atoms with E-state index in [1.54, 1.807) is 12.4 Å². The van der Waals surface area contributed by atoms with E-state index < -0.39 is 0 Å². The number of hydrogen-bond donors (Lipinski definition) is 1. The normalized spacial score (nSPS) is 15.0. The quantitative estimate of drug-likeness (QED) is 0.319. The van der Waals surface area contributed by atoms with E-state index in [9.17, 15) is 4.79 Å². The highest BCUT2D eigenvalue weighted by molar-refractivity contribution is 7.99. The van der Waals surface area contributed by atoms with Crippen molar-refractivity contribution in [2.45, 2.75) is 57.1 Å². The fourth-order valence-corrected chi connectivity index (χ4v) is 4.69. The molecule has 8 heteroatoms. The number of nitrogens with zero attached hydrogens (tertiary/aromatic N) is 5. The molecule has 2 heterocycles. The number of pyridine rings is 1. The number of hydrogen-bond acceptors (Lipinski definition) is 6. The van der Waals surface area contributed by atoms with Gasteiger partial charge in [0.25, 0.3) is 5.91 Å². The van der Waals surface area contributed by atoms with Gasteiger partial charge in [0, 0.05) is 29.6 Å². The van der Waals surface area contributed by atoms with Gasteiger partial charge in [-0.15, -0.1) is 10.2 Å². The smallest absolute Gasteiger partial charge is 0.250 e. The molecule has 1 aliphatic rings. The molecule has 7 nitrogen and oxygen atoms in total. The lowest BCUT2D eigenvalue weighted by molar-refractivity contribution is -0.118. The molecule has 1 fully saturated rings. The van der Waals surface area contributed by atoms with Crippen LogP contribution >= 0.6 is 11.8 Å². The second kappa shape index (κ2) is 10.5. The number of amides is 1. The monoisotopic (exact) mass is 448 g/mol. The molecular formula is C24H28N6OS. The summed E-state index contributed by atoms with van der Waals surface area (Å²) in [6.07, 6.45) is 9.36. The fraction of sp³-hybridized carbons (Fsp3) is 0.375. The lowest BCUT2D eigenvalue weighted by Crippen LogP contribution is -2.22. The van der Waals surface area contributed by atoms with Crippen molar-refractivity contribution in [3.63, 3.8) is 0 Å². The lowest BCUT2D eigenvalue weighted by atomic mass is 9.95. The molecule has 4 rings (SSSR count). The van der Waals surface area contributed by atoms with Crippen LogP contribution in [0.4, 0.5) is 0 Å². The summed E-state index contributed by atoms with van der Waals surface area (Å²) in [6.45, 7) is 3.92. The maximum Gasteiger partial charge on any atom is 0.250 e. The predicted molar refractivity (Wildman–Crippen MR) is 128 cm³/mol. The van der Waals surface area contributed by atoms with Gasteiger partial charge in [-0.2, -0.15) is 5.10 Å². The minimum absolute atomic E-state index is 0.173. The average Bonchev–Trinajstić information content (AvgIpc) is 3.26. The van der Waals surface area contributed by atoms with Crippen molar-refractivity contribution >= 4 is 23.4 Å². The molecule has 1 amide bonds. The summed E-state index contributed by atoms with van der Waals surface area (Å²) < 4.78 is 2.24. The molecule has 3 aromatic rings. The first-order chi connectivity index (χ1) is 15.6. The van der Waals surface area contributed by atoms with E-state index >= 15 is 0 Å². The van der Waals surface area contributed by atoms with Crippen molar-refractivity contribution < 1.29 is 4.79 Å². The summed E-state index contributed by atoms with van der Waals surface area (Å²) in [5.41, 5.74) is 6.50. The van der Waals surface area contributed by atoms with Crippen LogP contribution in [0.25, 0.3) is 11.4 Å². The lowest BCUT2D eigenvalue weighted by Gasteiger charge is -2.25. The van der Waals surface area contributed by atoms with E-state index in [0.29, 0.717) is 11.8 Å². The average molecular weight is 449 g/mol. The van der Waals surface area contributed by atoms with E-state index in [2.05, 4.69) is 61.5 Å². The van der Waals surface area contributed by atoms with E-state index in [1.807, 2.05) is 19.1 Å². The highest BCUT2D eigenvalue weighted by Gasteiger charge is 2.24. The van der Waals surface area contributed by atoms with Gasteiger partial charge in [0.05, 0.1) is 11.5 Å². The molecule has 32 heavy (non-hydrogen) atoms. The number of aromatic nitrogens is 4. The van der Waals surface area contributed by atoms with Crippen molar-refractivity contribution in [3.05, 3.63) is 59.9 Å². The summed E-state index contributed by atoms with van der Waals surface area (Å²) in [5.74, 6) is 0.932. The maximum atomic E-state index is 12.4. The van der Waals surface area contributed by atoms with Crippen LogP contribution in [0.5, 0.6) is 0 Å². The summed E-state index contributed by atoms with van der Waals surface area (Å²) in [4.78, 5) is 16.5. The van der Waals surface area contributed by atoms with Crippen LogP contribution in [-0.2, 0) is 4.79 Å². The van der Waals surface area contributed by atoms with E-state index in [-0.39, 0.29) is 11.7 Å². The zero-order valence-electron chi connectivity index (χ0n) is 18.5. The Morgan fingerprint density at radius 3 is 2.66 bits per heavy atom. The molecule has 0 unspecified atom stereocenters.